The number of carboxylic acids is 1. The number of aromatic amines is 1. The van der Waals surface area contributed by atoms with Crippen LogP contribution in [0.4, 0.5) is 0 Å². The van der Waals surface area contributed by atoms with Crippen molar-refractivity contribution >= 4 is 16.9 Å². The third-order valence-electron chi connectivity index (χ3n) is 2.68. The molecule has 0 aliphatic carbocycles. The maximum Gasteiger partial charge on any atom is 0.300 e. The van der Waals surface area contributed by atoms with Crippen LogP contribution >= 0.6 is 0 Å². The molecule has 1 atom stereocenters. The quantitative estimate of drug-likeness (QED) is 0.781. The first kappa shape index (κ1) is 14.3. The lowest BCUT2D eigenvalue weighted by Crippen LogP contribution is -2.21. The van der Waals surface area contributed by atoms with Gasteiger partial charge in [-0.2, -0.15) is 0 Å². The zero-order valence-corrected chi connectivity index (χ0v) is 10.8. The Labute approximate surface area is 107 Å². The van der Waals surface area contributed by atoms with Crippen LogP contribution in [0.1, 0.15) is 25.8 Å². The molecule has 0 aliphatic rings. The second-order valence-corrected chi connectivity index (χ2v) is 4.25. The first-order valence-electron chi connectivity index (χ1n) is 6.04. The number of benzene rings is 1. The Morgan fingerprint density at radius 2 is 2.06 bits per heavy atom. The van der Waals surface area contributed by atoms with Crippen molar-refractivity contribution < 1.29 is 9.90 Å². The van der Waals surface area contributed by atoms with Crippen LogP contribution in [0.2, 0.25) is 0 Å². The third-order valence-corrected chi connectivity index (χ3v) is 2.68. The van der Waals surface area contributed by atoms with Gasteiger partial charge < -0.3 is 15.8 Å². The van der Waals surface area contributed by atoms with Crippen LogP contribution in [0, 0.1) is 0 Å². The van der Waals surface area contributed by atoms with Gasteiger partial charge in [0.2, 0.25) is 0 Å². The smallest absolute Gasteiger partial charge is 0.300 e. The number of para-hydroxylation sites is 1. The Morgan fingerprint density at radius 3 is 2.67 bits per heavy atom. The highest BCUT2D eigenvalue weighted by molar-refractivity contribution is 5.83. The van der Waals surface area contributed by atoms with E-state index in [0.717, 1.165) is 19.8 Å². The van der Waals surface area contributed by atoms with Gasteiger partial charge in [0.15, 0.2) is 0 Å². The zero-order valence-electron chi connectivity index (χ0n) is 10.8. The Balaban J connectivity index is 0.000000357. The summed E-state index contributed by atoms with van der Waals surface area (Å²) in [5.74, 6) is -0.833. The van der Waals surface area contributed by atoms with Crippen LogP contribution in [0.3, 0.4) is 0 Å². The predicted octanol–water partition coefficient (Wildman–Crippen LogP) is 2.54. The van der Waals surface area contributed by atoms with Crippen molar-refractivity contribution in [1.29, 1.82) is 0 Å². The normalized spacial score (nSPS) is 11.7. The van der Waals surface area contributed by atoms with Gasteiger partial charge in [0.1, 0.15) is 0 Å². The lowest BCUT2D eigenvalue weighted by molar-refractivity contribution is -0.134. The Kier molecular flexibility index (Phi) is 5.39. The lowest BCUT2D eigenvalue weighted by Gasteiger charge is -2.06. The molecule has 4 heteroatoms. The molecule has 0 saturated carbocycles. The third kappa shape index (κ3) is 4.22. The van der Waals surface area contributed by atoms with Crippen molar-refractivity contribution in [2.45, 2.75) is 32.7 Å². The van der Waals surface area contributed by atoms with E-state index in [2.05, 4.69) is 36.3 Å². The summed E-state index contributed by atoms with van der Waals surface area (Å²) in [7, 11) is 0. The molecule has 2 rings (SSSR count). The summed E-state index contributed by atoms with van der Waals surface area (Å²) in [5, 5.41) is 8.72. The van der Waals surface area contributed by atoms with E-state index in [0.29, 0.717) is 0 Å². The minimum Gasteiger partial charge on any atom is -0.481 e. The fraction of sp³-hybridized carbons (Fsp3) is 0.357. The summed E-state index contributed by atoms with van der Waals surface area (Å²) < 4.78 is 0. The number of carbonyl (C=O) groups is 1. The molecule has 4 N–H and O–H groups in total. The Morgan fingerprint density at radius 1 is 1.44 bits per heavy atom. The van der Waals surface area contributed by atoms with E-state index < -0.39 is 5.97 Å². The average molecular weight is 248 g/mol. The van der Waals surface area contributed by atoms with E-state index >= 15 is 0 Å². The van der Waals surface area contributed by atoms with Crippen LogP contribution in [-0.4, -0.2) is 22.1 Å². The average Bonchev–Trinajstić information content (AvgIpc) is 2.72. The van der Waals surface area contributed by atoms with E-state index in [1.54, 1.807) is 0 Å². The van der Waals surface area contributed by atoms with E-state index in [-0.39, 0.29) is 6.04 Å². The van der Waals surface area contributed by atoms with Crippen LogP contribution in [0.15, 0.2) is 30.5 Å². The molecule has 2 aromatic rings. The van der Waals surface area contributed by atoms with Gasteiger partial charge in [-0.25, -0.2) is 0 Å². The molecule has 0 bridgehead atoms. The molecule has 0 fully saturated rings. The maximum atomic E-state index is 9.00. The number of H-pyrrole nitrogens is 1. The van der Waals surface area contributed by atoms with Gasteiger partial charge in [-0.3, -0.25) is 4.79 Å². The highest BCUT2D eigenvalue weighted by Crippen LogP contribution is 2.18. The van der Waals surface area contributed by atoms with Crippen molar-refractivity contribution in [2.75, 3.05) is 0 Å². The van der Waals surface area contributed by atoms with E-state index in [9.17, 15) is 0 Å². The number of nitrogens with one attached hydrogen (secondary N) is 1. The molecule has 18 heavy (non-hydrogen) atoms. The summed E-state index contributed by atoms with van der Waals surface area (Å²) in [6.07, 6.45) is 4.06. The number of fused-ring (bicyclic) bond motifs is 1. The predicted molar refractivity (Wildman–Crippen MR) is 73.6 cm³/mol. The highest BCUT2D eigenvalue weighted by Gasteiger charge is 2.06. The standard InChI is InChI=1S/C12H16N2.C2H4O2/c1-2-10(13)7-9-8-14-12-6-4-3-5-11(9)12;1-2(3)4/h3-6,8,10,14H,2,7,13H2,1H3;1H3,(H,3,4)/t10-;/m0./s1. The highest BCUT2D eigenvalue weighted by atomic mass is 16.4. The molecule has 0 amide bonds. The Bertz CT molecular complexity index is 501. The summed E-state index contributed by atoms with van der Waals surface area (Å²) in [5.41, 5.74) is 8.47. The molecule has 0 spiro atoms. The van der Waals surface area contributed by atoms with Crippen LogP contribution < -0.4 is 5.73 Å². The number of aromatic nitrogens is 1. The minimum atomic E-state index is -0.833. The van der Waals surface area contributed by atoms with Crippen LogP contribution in [-0.2, 0) is 11.2 Å². The van der Waals surface area contributed by atoms with Gasteiger partial charge in [0.05, 0.1) is 0 Å². The van der Waals surface area contributed by atoms with Crippen molar-refractivity contribution in [3.63, 3.8) is 0 Å². The number of hydrogen-bond acceptors (Lipinski definition) is 2. The van der Waals surface area contributed by atoms with Gasteiger partial charge in [0, 0.05) is 30.1 Å². The summed E-state index contributed by atoms with van der Waals surface area (Å²) >= 11 is 0. The summed E-state index contributed by atoms with van der Waals surface area (Å²) in [6, 6.07) is 8.62. The second-order valence-electron chi connectivity index (χ2n) is 4.25. The maximum absolute atomic E-state index is 9.00. The van der Waals surface area contributed by atoms with Crippen LogP contribution in [0.5, 0.6) is 0 Å². The largest absolute Gasteiger partial charge is 0.481 e. The summed E-state index contributed by atoms with van der Waals surface area (Å²) in [4.78, 5) is 12.3. The van der Waals surface area contributed by atoms with Gasteiger partial charge in [0.25, 0.3) is 5.97 Å². The number of nitrogens with two attached hydrogens (primary N) is 1. The topological polar surface area (TPSA) is 79.1 Å². The SMILES string of the molecule is CC(=O)O.CC[C@H](N)Cc1c[nH]c2ccccc12. The molecular formula is C14H20N2O2. The molecule has 1 aromatic heterocycles. The number of aliphatic carboxylic acids is 1. The molecule has 1 heterocycles. The first-order chi connectivity index (χ1) is 8.54. The molecule has 0 unspecified atom stereocenters. The molecule has 0 radical (unpaired) electrons. The molecular weight excluding hydrogens is 228 g/mol. The molecule has 1 aromatic carbocycles. The van der Waals surface area contributed by atoms with Crippen molar-refractivity contribution in [3.8, 4) is 0 Å². The minimum absolute atomic E-state index is 0.272. The Hall–Kier alpha value is -1.81. The van der Waals surface area contributed by atoms with Gasteiger partial charge >= 0.3 is 0 Å². The van der Waals surface area contributed by atoms with Crippen molar-refractivity contribution in [2.24, 2.45) is 5.73 Å². The number of carboxylic acid groups (broad SMARTS) is 1. The fourth-order valence-electron chi connectivity index (χ4n) is 1.73. The molecule has 0 saturated heterocycles. The second kappa shape index (κ2) is 6.81. The number of hydrogen-bond donors (Lipinski definition) is 3. The van der Waals surface area contributed by atoms with Crippen molar-refractivity contribution in [3.05, 3.63) is 36.0 Å². The van der Waals surface area contributed by atoms with Crippen molar-refractivity contribution in [1.82, 2.24) is 4.98 Å². The molecule has 98 valence electrons. The molecule has 4 nitrogen and oxygen atoms in total. The lowest BCUT2D eigenvalue weighted by atomic mass is 10.0. The number of rotatable bonds is 3. The first-order valence-corrected chi connectivity index (χ1v) is 6.04. The van der Waals surface area contributed by atoms with Crippen LogP contribution in [0.25, 0.3) is 10.9 Å². The zero-order chi connectivity index (χ0) is 13.5. The monoisotopic (exact) mass is 248 g/mol. The van der Waals surface area contributed by atoms with Gasteiger partial charge in [-0.05, 0) is 24.5 Å². The van der Waals surface area contributed by atoms with E-state index in [1.165, 1.54) is 16.5 Å². The molecule has 0 aliphatic heterocycles. The van der Waals surface area contributed by atoms with Gasteiger partial charge in [-0.1, -0.05) is 25.1 Å². The van der Waals surface area contributed by atoms with E-state index in [4.69, 9.17) is 15.6 Å². The summed E-state index contributed by atoms with van der Waals surface area (Å²) in [6.45, 7) is 3.21. The fourth-order valence-corrected chi connectivity index (χ4v) is 1.73. The van der Waals surface area contributed by atoms with Gasteiger partial charge in [-0.15, -0.1) is 0 Å². The van der Waals surface area contributed by atoms with E-state index in [1.807, 2.05) is 6.07 Å².